The summed E-state index contributed by atoms with van der Waals surface area (Å²) in [7, 11) is 0. The molecule has 4 rings (SSSR count). The number of carbonyl (C=O) groups is 3. The number of hydrogen-bond donors (Lipinski definition) is 0. The summed E-state index contributed by atoms with van der Waals surface area (Å²) in [6.07, 6.45) is 1.66. The molecule has 0 N–H and O–H groups in total. The van der Waals surface area contributed by atoms with E-state index in [1.54, 1.807) is 4.90 Å². The maximum atomic E-state index is 13.0. The summed E-state index contributed by atoms with van der Waals surface area (Å²) in [5, 5.41) is 0. The molecule has 0 aliphatic carbocycles. The molecule has 3 saturated heterocycles. The van der Waals surface area contributed by atoms with Gasteiger partial charge < -0.3 is 19.4 Å². The molecule has 2 atom stereocenters. The standard InChI is InChI=1S/C23H31N3O4/c1-16(2)17-5-3-6-19(13-17)26-15-18(14-21(26)27)22(28)24-8-10-25(11-9-24)23(29)20-7-4-12-30-20/h3,5-6,13,16,18,20H,4,7-12,14-15H2,1-2H3. The second kappa shape index (κ2) is 8.76. The number of nitrogens with zero attached hydrogens (tertiary/aromatic N) is 3. The molecule has 7 nitrogen and oxygen atoms in total. The Kier molecular flexibility index (Phi) is 6.09. The molecule has 3 amide bonds. The lowest BCUT2D eigenvalue weighted by molar-refractivity contribution is -0.147. The summed E-state index contributed by atoms with van der Waals surface area (Å²) in [4.78, 5) is 43.5. The monoisotopic (exact) mass is 413 g/mol. The van der Waals surface area contributed by atoms with Crippen LogP contribution in [0.1, 0.15) is 44.6 Å². The molecule has 0 aromatic heterocycles. The third-order valence-corrected chi connectivity index (χ3v) is 6.43. The van der Waals surface area contributed by atoms with Gasteiger partial charge in [0.05, 0.1) is 5.92 Å². The first-order chi connectivity index (χ1) is 14.4. The number of benzene rings is 1. The topological polar surface area (TPSA) is 70.2 Å². The van der Waals surface area contributed by atoms with Crippen molar-refractivity contribution < 1.29 is 19.1 Å². The first kappa shape index (κ1) is 20.8. The number of hydrogen-bond acceptors (Lipinski definition) is 4. The quantitative estimate of drug-likeness (QED) is 0.757. The molecule has 2 unspecified atom stereocenters. The van der Waals surface area contributed by atoms with E-state index in [4.69, 9.17) is 4.74 Å². The van der Waals surface area contributed by atoms with Crippen LogP contribution in [-0.4, -0.2) is 73.0 Å². The molecule has 3 aliphatic rings. The van der Waals surface area contributed by atoms with Crippen molar-refractivity contribution in [3.8, 4) is 0 Å². The second-order valence-electron chi connectivity index (χ2n) is 8.81. The lowest BCUT2D eigenvalue weighted by atomic mass is 10.0. The van der Waals surface area contributed by atoms with Gasteiger partial charge in [0, 0.05) is 51.4 Å². The van der Waals surface area contributed by atoms with Crippen molar-refractivity contribution in [2.45, 2.75) is 45.1 Å². The normalized spacial score (nSPS) is 24.8. The van der Waals surface area contributed by atoms with E-state index in [0.29, 0.717) is 45.2 Å². The predicted molar refractivity (Wildman–Crippen MR) is 113 cm³/mol. The van der Waals surface area contributed by atoms with Crippen molar-refractivity contribution in [1.29, 1.82) is 0 Å². The van der Waals surface area contributed by atoms with E-state index in [1.807, 2.05) is 28.0 Å². The zero-order valence-corrected chi connectivity index (χ0v) is 17.9. The summed E-state index contributed by atoms with van der Waals surface area (Å²) in [6, 6.07) is 8.02. The van der Waals surface area contributed by atoms with Crippen LogP contribution < -0.4 is 4.90 Å². The number of amides is 3. The van der Waals surface area contributed by atoms with Crippen LogP contribution in [0.25, 0.3) is 0 Å². The highest BCUT2D eigenvalue weighted by atomic mass is 16.5. The third-order valence-electron chi connectivity index (χ3n) is 6.43. The van der Waals surface area contributed by atoms with E-state index in [0.717, 1.165) is 18.5 Å². The molecule has 1 aromatic carbocycles. The van der Waals surface area contributed by atoms with Crippen LogP contribution in [0.15, 0.2) is 24.3 Å². The van der Waals surface area contributed by atoms with Crippen molar-refractivity contribution in [3.05, 3.63) is 29.8 Å². The molecule has 3 fully saturated rings. The van der Waals surface area contributed by atoms with Gasteiger partial charge in [-0.3, -0.25) is 14.4 Å². The Morgan fingerprint density at radius 1 is 1.07 bits per heavy atom. The summed E-state index contributed by atoms with van der Waals surface area (Å²) in [5.74, 6) is 0.137. The molecule has 0 spiro atoms. The van der Waals surface area contributed by atoms with E-state index >= 15 is 0 Å². The van der Waals surface area contributed by atoms with Gasteiger partial charge >= 0.3 is 0 Å². The van der Waals surface area contributed by atoms with E-state index in [9.17, 15) is 14.4 Å². The van der Waals surface area contributed by atoms with Crippen LogP contribution in [0, 0.1) is 5.92 Å². The van der Waals surface area contributed by atoms with Gasteiger partial charge in [-0.05, 0) is 36.5 Å². The number of ether oxygens (including phenoxy) is 1. The highest BCUT2D eigenvalue weighted by Crippen LogP contribution is 2.29. The largest absolute Gasteiger partial charge is 0.368 e. The second-order valence-corrected chi connectivity index (χ2v) is 8.81. The van der Waals surface area contributed by atoms with E-state index < -0.39 is 0 Å². The smallest absolute Gasteiger partial charge is 0.251 e. The minimum absolute atomic E-state index is 0.00134. The fraction of sp³-hybridized carbons (Fsp3) is 0.609. The first-order valence-electron chi connectivity index (χ1n) is 11.0. The Labute approximate surface area is 177 Å². The predicted octanol–water partition coefficient (Wildman–Crippen LogP) is 2.01. The van der Waals surface area contributed by atoms with E-state index in [-0.39, 0.29) is 36.2 Å². The molecule has 0 saturated carbocycles. The van der Waals surface area contributed by atoms with Gasteiger partial charge in [0.25, 0.3) is 5.91 Å². The van der Waals surface area contributed by atoms with Crippen molar-refractivity contribution in [2.75, 3.05) is 44.2 Å². The molecule has 3 heterocycles. The average Bonchev–Trinajstić information content (AvgIpc) is 3.43. The fourth-order valence-electron chi connectivity index (χ4n) is 4.56. The summed E-state index contributed by atoms with van der Waals surface area (Å²) >= 11 is 0. The van der Waals surface area contributed by atoms with Crippen molar-refractivity contribution in [2.24, 2.45) is 5.92 Å². The van der Waals surface area contributed by atoms with Gasteiger partial charge in [0.2, 0.25) is 11.8 Å². The molecule has 0 bridgehead atoms. The van der Waals surface area contributed by atoms with Gasteiger partial charge in [-0.1, -0.05) is 26.0 Å². The molecular weight excluding hydrogens is 382 g/mol. The Morgan fingerprint density at radius 3 is 2.40 bits per heavy atom. The number of anilines is 1. The van der Waals surface area contributed by atoms with Gasteiger partial charge in [0.1, 0.15) is 6.10 Å². The number of piperazine rings is 1. The first-order valence-corrected chi connectivity index (χ1v) is 11.0. The maximum absolute atomic E-state index is 13.0. The van der Waals surface area contributed by atoms with E-state index in [1.165, 1.54) is 5.56 Å². The Morgan fingerprint density at radius 2 is 1.77 bits per heavy atom. The Balaban J connectivity index is 1.34. The van der Waals surface area contributed by atoms with Gasteiger partial charge in [-0.25, -0.2) is 0 Å². The van der Waals surface area contributed by atoms with Crippen molar-refractivity contribution in [1.82, 2.24) is 9.80 Å². The molecule has 30 heavy (non-hydrogen) atoms. The number of rotatable bonds is 4. The lowest BCUT2D eigenvalue weighted by Gasteiger charge is -2.36. The fourth-order valence-corrected chi connectivity index (χ4v) is 4.56. The lowest BCUT2D eigenvalue weighted by Crippen LogP contribution is -2.54. The van der Waals surface area contributed by atoms with Crippen molar-refractivity contribution >= 4 is 23.4 Å². The summed E-state index contributed by atoms with van der Waals surface area (Å²) in [6.45, 7) is 7.43. The van der Waals surface area contributed by atoms with Gasteiger partial charge in [0.15, 0.2) is 0 Å². The summed E-state index contributed by atoms with van der Waals surface area (Å²) < 4.78 is 5.50. The van der Waals surface area contributed by atoms with Crippen molar-refractivity contribution in [3.63, 3.8) is 0 Å². The zero-order chi connectivity index (χ0) is 21.3. The SMILES string of the molecule is CC(C)c1cccc(N2CC(C(=O)N3CCN(C(=O)C4CCCO4)CC3)CC2=O)c1. The highest BCUT2D eigenvalue weighted by molar-refractivity contribution is 6.00. The molecule has 162 valence electrons. The van der Waals surface area contributed by atoms with Crippen LogP contribution in [0.5, 0.6) is 0 Å². The van der Waals surface area contributed by atoms with Gasteiger partial charge in [-0.15, -0.1) is 0 Å². The van der Waals surface area contributed by atoms with Crippen LogP contribution in [0.3, 0.4) is 0 Å². The van der Waals surface area contributed by atoms with Crippen LogP contribution >= 0.6 is 0 Å². The minimum Gasteiger partial charge on any atom is -0.368 e. The summed E-state index contributed by atoms with van der Waals surface area (Å²) in [5.41, 5.74) is 2.05. The van der Waals surface area contributed by atoms with E-state index in [2.05, 4.69) is 19.9 Å². The molecule has 1 aromatic rings. The number of carbonyl (C=O) groups excluding carboxylic acids is 3. The Bertz CT molecular complexity index is 810. The third kappa shape index (κ3) is 4.21. The molecule has 0 radical (unpaired) electrons. The van der Waals surface area contributed by atoms with Crippen LogP contribution in [0.2, 0.25) is 0 Å². The Hall–Kier alpha value is -2.41. The highest BCUT2D eigenvalue weighted by Gasteiger charge is 2.39. The molecular formula is C23H31N3O4. The van der Waals surface area contributed by atoms with Crippen LogP contribution in [-0.2, 0) is 19.1 Å². The molecule has 7 heteroatoms. The zero-order valence-electron chi connectivity index (χ0n) is 17.9. The average molecular weight is 414 g/mol. The maximum Gasteiger partial charge on any atom is 0.251 e. The molecule has 3 aliphatic heterocycles. The van der Waals surface area contributed by atoms with Gasteiger partial charge in [-0.2, -0.15) is 0 Å². The van der Waals surface area contributed by atoms with Crippen LogP contribution in [0.4, 0.5) is 5.69 Å². The minimum atomic E-state index is -0.319.